The standard InChI is InChI=1S/C22H45NO2/c1-22(2,3)25-21(24)19-17-15-13-11-9-7-5-4-6-8-10-12-14-16-18-20-23/h4-20,23H2,1-3H3. The molecular formula is C22H45NO2. The molecule has 0 amide bonds. The molecule has 0 aliphatic rings. The summed E-state index contributed by atoms with van der Waals surface area (Å²) in [5.74, 6) is -0.0492. The van der Waals surface area contributed by atoms with E-state index in [-0.39, 0.29) is 11.6 Å². The molecule has 0 aliphatic carbocycles. The van der Waals surface area contributed by atoms with E-state index < -0.39 is 0 Å². The molecule has 3 heteroatoms. The van der Waals surface area contributed by atoms with Crippen molar-refractivity contribution < 1.29 is 9.53 Å². The Morgan fingerprint density at radius 2 is 0.960 bits per heavy atom. The van der Waals surface area contributed by atoms with E-state index in [0.29, 0.717) is 6.42 Å². The third kappa shape index (κ3) is 21.4. The van der Waals surface area contributed by atoms with Gasteiger partial charge in [0.2, 0.25) is 0 Å². The van der Waals surface area contributed by atoms with E-state index >= 15 is 0 Å². The van der Waals surface area contributed by atoms with Crippen molar-refractivity contribution >= 4 is 5.97 Å². The van der Waals surface area contributed by atoms with Crippen molar-refractivity contribution in [2.45, 2.75) is 129 Å². The van der Waals surface area contributed by atoms with E-state index in [1.807, 2.05) is 20.8 Å². The van der Waals surface area contributed by atoms with Crippen LogP contribution in [-0.4, -0.2) is 18.1 Å². The van der Waals surface area contributed by atoms with Crippen LogP contribution in [0.5, 0.6) is 0 Å². The first kappa shape index (κ1) is 24.4. The summed E-state index contributed by atoms with van der Waals surface area (Å²) in [7, 11) is 0. The first-order valence-electron chi connectivity index (χ1n) is 10.9. The van der Waals surface area contributed by atoms with Crippen molar-refractivity contribution in [3.63, 3.8) is 0 Å². The predicted molar refractivity (Wildman–Crippen MR) is 109 cm³/mol. The Labute approximate surface area is 157 Å². The van der Waals surface area contributed by atoms with Crippen LogP contribution in [0.1, 0.15) is 124 Å². The second-order valence-electron chi connectivity index (χ2n) is 8.43. The van der Waals surface area contributed by atoms with Gasteiger partial charge in [0.25, 0.3) is 0 Å². The molecule has 0 fully saturated rings. The molecule has 0 spiro atoms. The van der Waals surface area contributed by atoms with Crippen molar-refractivity contribution in [2.24, 2.45) is 5.73 Å². The molecule has 0 aromatic rings. The summed E-state index contributed by atoms with van der Waals surface area (Å²) in [5, 5.41) is 0. The molecule has 0 atom stereocenters. The van der Waals surface area contributed by atoms with Gasteiger partial charge in [-0.25, -0.2) is 0 Å². The van der Waals surface area contributed by atoms with Gasteiger partial charge in [0.05, 0.1) is 0 Å². The summed E-state index contributed by atoms with van der Waals surface area (Å²) in [6.45, 7) is 6.63. The second kappa shape index (κ2) is 16.9. The monoisotopic (exact) mass is 355 g/mol. The molecule has 0 bridgehead atoms. The summed E-state index contributed by atoms with van der Waals surface area (Å²) in [6, 6.07) is 0. The highest BCUT2D eigenvalue weighted by atomic mass is 16.6. The van der Waals surface area contributed by atoms with E-state index in [2.05, 4.69) is 0 Å². The lowest BCUT2D eigenvalue weighted by Crippen LogP contribution is -2.23. The largest absolute Gasteiger partial charge is 0.460 e. The Morgan fingerprint density at radius 3 is 1.28 bits per heavy atom. The number of esters is 1. The van der Waals surface area contributed by atoms with E-state index in [9.17, 15) is 4.79 Å². The van der Waals surface area contributed by atoms with Gasteiger partial charge in [-0.3, -0.25) is 4.79 Å². The zero-order chi connectivity index (χ0) is 18.8. The van der Waals surface area contributed by atoms with Gasteiger partial charge in [-0.1, -0.05) is 83.5 Å². The van der Waals surface area contributed by atoms with Crippen molar-refractivity contribution in [1.29, 1.82) is 0 Å². The second-order valence-corrected chi connectivity index (χ2v) is 8.43. The highest BCUT2D eigenvalue weighted by molar-refractivity contribution is 5.69. The maximum Gasteiger partial charge on any atom is 0.306 e. The first-order valence-corrected chi connectivity index (χ1v) is 10.9. The van der Waals surface area contributed by atoms with E-state index in [4.69, 9.17) is 10.5 Å². The van der Waals surface area contributed by atoms with Gasteiger partial charge in [0.15, 0.2) is 0 Å². The van der Waals surface area contributed by atoms with Crippen LogP contribution < -0.4 is 5.73 Å². The molecule has 0 radical (unpaired) electrons. The Bertz CT molecular complexity index is 297. The summed E-state index contributed by atoms with van der Waals surface area (Å²) in [4.78, 5) is 11.6. The zero-order valence-corrected chi connectivity index (χ0v) is 17.4. The molecule has 3 nitrogen and oxygen atoms in total. The summed E-state index contributed by atoms with van der Waals surface area (Å²) in [5.41, 5.74) is 5.15. The SMILES string of the molecule is CC(C)(C)OC(=O)CCCCCCCCCCCCCCCCCN. The average molecular weight is 356 g/mol. The Balaban J connectivity index is 3.13. The minimum absolute atomic E-state index is 0.0492. The third-order valence-electron chi connectivity index (χ3n) is 4.51. The summed E-state index contributed by atoms with van der Waals surface area (Å²) < 4.78 is 5.32. The number of hydrogen-bond donors (Lipinski definition) is 1. The van der Waals surface area contributed by atoms with Crippen molar-refractivity contribution in [3.05, 3.63) is 0 Å². The fourth-order valence-electron chi connectivity index (χ4n) is 3.10. The lowest BCUT2D eigenvalue weighted by atomic mass is 10.0. The molecule has 25 heavy (non-hydrogen) atoms. The molecule has 0 aromatic carbocycles. The van der Waals surface area contributed by atoms with E-state index in [1.165, 1.54) is 83.5 Å². The average Bonchev–Trinajstić information content (AvgIpc) is 2.53. The van der Waals surface area contributed by atoms with Crippen LogP contribution in [0.2, 0.25) is 0 Å². The highest BCUT2D eigenvalue weighted by Gasteiger charge is 2.15. The van der Waals surface area contributed by atoms with E-state index in [1.54, 1.807) is 0 Å². The fourth-order valence-corrected chi connectivity index (χ4v) is 3.10. The van der Waals surface area contributed by atoms with Gasteiger partial charge < -0.3 is 10.5 Å². The lowest BCUT2D eigenvalue weighted by Gasteiger charge is -2.19. The number of carbonyl (C=O) groups excluding carboxylic acids is 1. The number of carbonyl (C=O) groups is 1. The maximum absolute atomic E-state index is 11.6. The van der Waals surface area contributed by atoms with Crippen LogP contribution in [0.4, 0.5) is 0 Å². The van der Waals surface area contributed by atoms with Crippen molar-refractivity contribution in [1.82, 2.24) is 0 Å². The van der Waals surface area contributed by atoms with Crippen LogP contribution >= 0.6 is 0 Å². The van der Waals surface area contributed by atoms with Gasteiger partial charge in [-0.15, -0.1) is 0 Å². The van der Waals surface area contributed by atoms with E-state index in [0.717, 1.165) is 19.4 Å². The fraction of sp³-hybridized carbons (Fsp3) is 0.955. The molecule has 0 saturated carbocycles. The van der Waals surface area contributed by atoms with Crippen LogP contribution in [-0.2, 0) is 9.53 Å². The third-order valence-corrected chi connectivity index (χ3v) is 4.51. The van der Waals surface area contributed by atoms with Crippen LogP contribution in [0.15, 0.2) is 0 Å². The smallest absolute Gasteiger partial charge is 0.306 e. The quantitative estimate of drug-likeness (QED) is 0.238. The number of hydrogen-bond acceptors (Lipinski definition) is 3. The van der Waals surface area contributed by atoms with Gasteiger partial charge in [0.1, 0.15) is 5.60 Å². The molecule has 0 rings (SSSR count). The number of unbranched alkanes of at least 4 members (excludes halogenated alkanes) is 14. The topological polar surface area (TPSA) is 52.3 Å². The Morgan fingerprint density at radius 1 is 0.640 bits per heavy atom. The molecular weight excluding hydrogens is 310 g/mol. The molecule has 0 aromatic heterocycles. The maximum atomic E-state index is 11.6. The highest BCUT2D eigenvalue weighted by Crippen LogP contribution is 2.14. The summed E-state index contributed by atoms with van der Waals surface area (Å²) in [6.07, 6.45) is 20.3. The molecule has 0 heterocycles. The number of rotatable bonds is 17. The zero-order valence-electron chi connectivity index (χ0n) is 17.4. The van der Waals surface area contributed by atoms with Crippen molar-refractivity contribution in [2.75, 3.05) is 6.54 Å². The normalized spacial score (nSPS) is 11.7. The van der Waals surface area contributed by atoms with Crippen LogP contribution in [0.25, 0.3) is 0 Å². The minimum Gasteiger partial charge on any atom is -0.460 e. The summed E-state index contributed by atoms with van der Waals surface area (Å²) >= 11 is 0. The Kier molecular flexibility index (Phi) is 16.5. The Hall–Kier alpha value is -0.570. The van der Waals surface area contributed by atoms with Crippen LogP contribution in [0, 0.1) is 0 Å². The number of nitrogens with two attached hydrogens (primary N) is 1. The predicted octanol–water partition coefficient (Wildman–Crippen LogP) is 6.53. The van der Waals surface area contributed by atoms with Gasteiger partial charge in [0, 0.05) is 6.42 Å². The first-order chi connectivity index (χ1) is 12.0. The van der Waals surface area contributed by atoms with Gasteiger partial charge >= 0.3 is 5.97 Å². The minimum atomic E-state index is -0.346. The van der Waals surface area contributed by atoms with Crippen molar-refractivity contribution in [3.8, 4) is 0 Å². The lowest BCUT2D eigenvalue weighted by molar-refractivity contribution is -0.154. The molecule has 0 aliphatic heterocycles. The molecule has 0 saturated heterocycles. The van der Waals surface area contributed by atoms with Crippen LogP contribution in [0.3, 0.4) is 0 Å². The van der Waals surface area contributed by atoms with Gasteiger partial charge in [-0.05, 0) is 40.2 Å². The molecule has 2 N–H and O–H groups in total. The number of ether oxygens (including phenoxy) is 1. The van der Waals surface area contributed by atoms with Gasteiger partial charge in [-0.2, -0.15) is 0 Å². The molecule has 150 valence electrons. The molecule has 0 unspecified atom stereocenters.